The topological polar surface area (TPSA) is 25.2 Å². The van der Waals surface area contributed by atoms with E-state index in [4.69, 9.17) is 0 Å². The highest BCUT2D eigenvalue weighted by atomic mass is 19.1. The third kappa shape index (κ3) is 2.06. The van der Waals surface area contributed by atoms with E-state index in [2.05, 4.69) is 0 Å². The molecule has 1 aliphatic carbocycles. The molecule has 94 valence electrons. The first kappa shape index (κ1) is 11.5. The van der Waals surface area contributed by atoms with Gasteiger partial charge >= 0.3 is 0 Å². The van der Waals surface area contributed by atoms with Crippen LogP contribution in [0.5, 0.6) is 0 Å². The number of hydrogen-bond donors (Lipinski definition) is 1. The van der Waals surface area contributed by atoms with Crippen molar-refractivity contribution in [1.29, 1.82) is 0 Å². The Balaban J connectivity index is 1.88. The van der Waals surface area contributed by atoms with E-state index in [0.29, 0.717) is 12.1 Å². The van der Waals surface area contributed by atoms with E-state index in [9.17, 15) is 9.50 Å². The molecule has 3 rings (SSSR count). The van der Waals surface area contributed by atoms with E-state index < -0.39 is 0 Å². The van der Waals surface area contributed by atoms with Crippen molar-refractivity contribution in [1.82, 2.24) is 4.57 Å². The fourth-order valence-electron chi connectivity index (χ4n) is 2.64. The molecule has 18 heavy (non-hydrogen) atoms. The van der Waals surface area contributed by atoms with Gasteiger partial charge in [0.05, 0.1) is 6.10 Å². The molecule has 1 aromatic heterocycles. The number of fused-ring (bicyclic) bond motifs is 1. The molecule has 2 aromatic rings. The first-order valence-corrected chi connectivity index (χ1v) is 6.34. The number of aromatic nitrogens is 1. The van der Waals surface area contributed by atoms with Crippen LogP contribution in [0.25, 0.3) is 0 Å². The van der Waals surface area contributed by atoms with E-state index in [1.54, 1.807) is 12.1 Å². The molecule has 3 heteroatoms. The Morgan fingerprint density at radius 2 is 2.11 bits per heavy atom. The minimum atomic E-state index is -0.351. The largest absolute Gasteiger partial charge is 0.388 e. The zero-order valence-electron chi connectivity index (χ0n) is 10.1. The maximum atomic E-state index is 13.6. The molecule has 1 aliphatic rings. The summed E-state index contributed by atoms with van der Waals surface area (Å²) in [5.74, 6) is -0.176. The van der Waals surface area contributed by atoms with Crippen molar-refractivity contribution in [3.8, 4) is 0 Å². The minimum Gasteiger partial charge on any atom is -0.388 e. The maximum absolute atomic E-state index is 13.6. The fourth-order valence-corrected chi connectivity index (χ4v) is 2.64. The van der Waals surface area contributed by atoms with Crippen LogP contribution in [0.3, 0.4) is 0 Å². The second-order valence-corrected chi connectivity index (χ2v) is 4.91. The number of aliphatic hydroxyl groups is 1. The summed E-state index contributed by atoms with van der Waals surface area (Å²) in [6.45, 7) is 0.520. The standard InChI is InChI=1S/C15H16FNO/c16-14-6-2-1-4-12(14)9-17-8-11-5-3-7-15(18)13(11)10-17/h1-2,4,6,8,10,15,18H,3,5,7,9H2. The van der Waals surface area contributed by atoms with Gasteiger partial charge in [0, 0.05) is 30.1 Å². The second-order valence-electron chi connectivity index (χ2n) is 4.91. The fraction of sp³-hybridized carbons (Fsp3) is 0.333. The highest BCUT2D eigenvalue weighted by Gasteiger charge is 2.19. The van der Waals surface area contributed by atoms with Crippen LogP contribution in [-0.4, -0.2) is 9.67 Å². The highest BCUT2D eigenvalue weighted by molar-refractivity contribution is 5.30. The number of benzene rings is 1. The summed E-state index contributed by atoms with van der Waals surface area (Å²) in [5, 5.41) is 9.91. The van der Waals surface area contributed by atoms with Crippen LogP contribution in [0, 0.1) is 5.82 Å². The van der Waals surface area contributed by atoms with Gasteiger partial charge in [-0.05, 0) is 30.9 Å². The molecule has 1 aromatic carbocycles. The molecule has 1 N–H and O–H groups in total. The SMILES string of the molecule is OC1CCCc2cn(Cc3ccccc3F)cc21. The molecule has 0 fully saturated rings. The molecule has 0 saturated heterocycles. The van der Waals surface area contributed by atoms with Crippen molar-refractivity contribution < 1.29 is 9.50 Å². The number of aryl methyl sites for hydroxylation is 1. The third-order valence-electron chi connectivity index (χ3n) is 3.59. The van der Waals surface area contributed by atoms with Gasteiger partial charge in [-0.2, -0.15) is 0 Å². The lowest BCUT2D eigenvalue weighted by Crippen LogP contribution is -2.05. The van der Waals surface area contributed by atoms with Crippen LogP contribution >= 0.6 is 0 Å². The lowest BCUT2D eigenvalue weighted by molar-refractivity contribution is 0.157. The van der Waals surface area contributed by atoms with Crippen LogP contribution in [0.1, 0.15) is 35.6 Å². The van der Waals surface area contributed by atoms with E-state index >= 15 is 0 Å². The summed E-state index contributed by atoms with van der Waals surface area (Å²) in [6.07, 6.45) is 6.50. The smallest absolute Gasteiger partial charge is 0.128 e. The normalized spacial score (nSPS) is 18.7. The second kappa shape index (κ2) is 4.58. The number of aliphatic hydroxyl groups excluding tert-OH is 1. The van der Waals surface area contributed by atoms with Gasteiger partial charge in [0.15, 0.2) is 0 Å². The summed E-state index contributed by atoms with van der Waals surface area (Å²) >= 11 is 0. The Morgan fingerprint density at radius 3 is 2.89 bits per heavy atom. The van der Waals surface area contributed by atoms with Gasteiger partial charge in [-0.3, -0.25) is 0 Å². The van der Waals surface area contributed by atoms with Gasteiger partial charge in [-0.1, -0.05) is 18.2 Å². The van der Waals surface area contributed by atoms with Crippen molar-refractivity contribution in [2.45, 2.75) is 31.9 Å². The zero-order chi connectivity index (χ0) is 12.5. The predicted octanol–water partition coefficient (Wildman–Crippen LogP) is 3.05. The van der Waals surface area contributed by atoms with Crippen molar-refractivity contribution in [3.05, 3.63) is 59.2 Å². The molecule has 1 unspecified atom stereocenters. The zero-order valence-corrected chi connectivity index (χ0v) is 10.1. The van der Waals surface area contributed by atoms with Crippen LogP contribution in [0.15, 0.2) is 36.7 Å². The van der Waals surface area contributed by atoms with E-state index in [1.165, 1.54) is 11.6 Å². The average molecular weight is 245 g/mol. The number of halogens is 1. The molecular weight excluding hydrogens is 229 g/mol. The van der Waals surface area contributed by atoms with Gasteiger partial charge in [0.2, 0.25) is 0 Å². The van der Waals surface area contributed by atoms with Crippen LogP contribution in [-0.2, 0) is 13.0 Å². The Kier molecular flexibility index (Phi) is 2.92. The van der Waals surface area contributed by atoms with Crippen molar-refractivity contribution >= 4 is 0 Å². The van der Waals surface area contributed by atoms with Crippen molar-refractivity contribution in [2.75, 3.05) is 0 Å². The Bertz CT molecular complexity index is 561. The third-order valence-corrected chi connectivity index (χ3v) is 3.59. The summed E-state index contributed by atoms with van der Waals surface area (Å²) in [6, 6.07) is 6.82. The predicted molar refractivity (Wildman–Crippen MR) is 67.8 cm³/mol. The summed E-state index contributed by atoms with van der Waals surface area (Å²) in [4.78, 5) is 0. The quantitative estimate of drug-likeness (QED) is 0.864. The minimum absolute atomic E-state index is 0.176. The van der Waals surface area contributed by atoms with Gasteiger partial charge in [0.25, 0.3) is 0 Å². The Hall–Kier alpha value is -1.61. The molecule has 0 saturated carbocycles. The number of hydrogen-bond acceptors (Lipinski definition) is 1. The number of rotatable bonds is 2. The molecule has 1 heterocycles. The van der Waals surface area contributed by atoms with Crippen molar-refractivity contribution in [3.63, 3.8) is 0 Å². The molecule has 1 atom stereocenters. The van der Waals surface area contributed by atoms with E-state index in [-0.39, 0.29) is 11.9 Å². The Labute approximate surface area is 106 Å². The van der Waals surface area contributed by atoms with Crippen molar-refractivity contribution in [2.24, 2.45) is 0 Å². The van der Waals surface area contributed by atoms with Gasteiger partial charge in [-0.15, -0.1) is 0 Å². The molecule has 0 radical (unpaired) electrons. The Morgan fingerprint density at radius 1 is 1.28 bits per heavy atom. The average Bonchev–Trinajstić information content (AvgIpc) is 2.76. The van der Waals surface area contributed by atoms with E-state index in [0.717, 1.165) is 24.8 Å². The van der Waals surface area contributed by atoms with Gasteiger partial charge in [0.1, 0.15) is 5.82 Å². The first-order valence-electron chi connectivity index (χ1n) is 6.34. The molecule has 0 amide bonds. The monoisotopic (exact) mass is 245 g/mol. The van der Waals surface area contributed by atoms with Crippen LogP contribution < -0.4 is 0 Å². The van der Waals surface area contributed by atoms with Crippen LogP contribution in [0.4, 0.5) is 4.39 Å². The molecule has 0 bridgehead atoms. The van der Waals surface area contributed by atoms with Crippen LogP contribution in [0.2, 0.25) is 0 Å². The maximum Gasteiger partial charge on any atom is 0.128 e. The summed E-state index contributed by atoms with van der Waals surface area (Å²) in [7, 11) is 0. The molecule has 0 spiro atoms. The van der Waals surface area contributed by atoms with Gasteiger partial charge in [-0.25, -0.2) is 4.39 Å². The van der Waals surface area contributed by atoms with E-state index in [1.807, 2.05) is 23.0 Å². The molecule has 2 nitrogen and oxygen atoms in total. The number of nitrogens with zero attached hydrogens (tertiary/aromatic N) is 1. The molecular formula is C15H16FNO. The summed E-state index contributed by atoms with van der Waals surface area (Å²) < 4.78 is 15.5. The highest BCUT2D eigenvalue weighted by Crippen LogP contribution is 2.30. The lowest BCUT2D eigenvalue weighted by Gasteiger charge is -2.16. The first-order chi connectivity index (χ1) is 8.74. The summed E-state index contributed by atoms with van der Waals surface area (Å²) in [5.41, 5.74) is 2.89. The molecule has 0 aliphatic heterocycles. The lowest BCUT2D eigenvalue weighted by atomic mass is 9.93. The van der Waals surface area contributed by atoms with Gasteiger partial charge < -0.3 is 9.67 Å².